The van der Waals surface area contributed by atoms with E-state index >= 15 is 0 Å². The molecule has 0 aromatic heterocycles. The number of carbonyl (C=O) groups is 2. The lowest BCUT2D eigenvalue weighted by Gasteiger charge is -2.38. The largest absolute Gasteiger partial charge is 0.479 e. The van der Waals surface area contributed by atoms with Crippen LogP contribution in [0.3, 0.4) is 0 Å². The van der Waals surface area contributed by atoms with Crippen molar-refractivity contribution in [1.82, 2.24) is 4.90 Å². The van der Waals surface area contributed by atoms with Crippen molar-refractivity contribution < 1.29 is 29.3 Å². The number of amides is 1. The molecule has 1 amide bonds. The molecule has 0 radical (unpaired) electrons. The lowest BCUT2D eigenvalue weighted by molar-refractivity contribution is -0.160. The molecule has 1 heterocycles. The van der Waals surface area contributed by atoms with E-state index in [1.54, 1.807) is 20.8 Å². The summed E-state index contributed by atoms with van der Waals surface area (Å²) in [6, 6.07) is -0.523. The van der Waals surface area contributed by atoms with Crippen LogP contribution in [0, 0.1) is 0 Å². The van der Waals surface area contributed by atoms with Gasteiger partial charge in [-0.15, -0.1) is 0 Å². The summed E-state index contributed by atoms with van der Waals surface area (Å²) in [7, 11) is 0. The Hall–Kier alpha value is -1.34. The molecule has 20 heavy (non-hydrogen) atoms. The van der Waals surface area contributed by atoms with Gasteiger partial charge in [0, 0.05) is 13.0 Å². The van der Waals surface area contributed by atoms with E-state index in [0.29, 0.717) is 13.2 Å². The molecule has 0 aliphatic carbocycles. The standard InChI is InChI=1S/C13H23NO6/c1-12(2,3)20-11(17)14-5-6-19-8-9(14)7-13(4,18)10(15)16/h9,18H,5-8H2,1-4H3,(H,15,16). The van der Waals surface area contributed by atoms with Crippen molar-refractivity contribution in [3.05, 3.63) is 0 Å². The van der Waals surface area contributed by atoms with E-state index in [1.807, 2.05) is 0 Å². The van der Waals surface area contributed by atoms with Gasteiger partial charge in [0.15, 0.2) is 5.60 Å². The normalized spacial score (nSPS) is 23.1. The lowest BCUT2D eigenvalue weighted by Crippen LogP contribution is -2.54. The summed E-state index contributed by atoms with van der Waals surface area (Å²) < 4.78 is 10.5. The van der Waals surface area contributed by atoms with Crippen LogP contribution in [-0.2, 0) is 14.3 Å². The fourth-order valence-corrected chi connectivity index (χ4v) is 1.93. The fourth-order valence-electron chi connectivity index (χ4n) is 1.93. The summed E-state index contributed by atoms with van der Waals surface area (Å²) in [5.41, 5.74) is -2.54. The van der Waals surface area contributed by atoms with Crippen molar-refractivity contribution >= 4 is 12.1 Å². The van der Waals surface area contributed by atoms with Crippen LogP contribution in [0.2, 0.25) is 0 Å². The summed E-state index contributed by atoms with van der Waals surface area (Å²) in [4.78, 5) is 24.5. The molecule has 1 saturated heterocycles. The molecule has 2 N–H and O–H groups in total. The minimum absolute atomic E-state index is 0.110. The Balaban J connectivity index is 2.77. The molecule has 0 bridgehead atoms. The summed E-state index contributed by atoms with van der Waals surface area (Å²) in [5.74, 6) is -1.33. The molecule has 0 spiro atoms. The third kappa shape index (κ3) is 4.64. The number of carboxylic acid groups (broad SMARTS) is 1. The summed E-state index contributed by atoms with van der Waals surface area (Å²) in [6.45, 7) is 7.34. The van der Waals surface area contributed by atoms with Crippen molar-refractivity contribution in [3.63, 3.8) is 0 Å². The highest BCUT2D eigenvalue weighted by Gasteiger charge is 2.39. The smallest absolute Gasteiger partial charge is 0.410 e. The Labute approximate surface area is 118 Å². The average Bonchev–Trinajstić information content (AvgIpc) is 2.26. The van der Waals surface area contributed by atoms with Crippen LogP contribution in [0.1, 0.15) is 34.1 Å². The highest BCUT2D eigenvalue weighted by atomic mass is 16.6. The van der Waals surface area contributed by atoms with Gasteiger partial charge in [0.25, 0.3) is 0 Å². The first-order chi connectivity index (χ1) is 9.03. The third-order valence-electron chi connectivity index (χ3n) is 2.95. The second-order valence-electron chi connectivity index (χ2n) is 6.19. The zero-order valence-corrected chi connectivity index (χ0v) is 12.4. The van der Waals surface area contributed by atoms with Crippen LogP contribution in [-0.4, -0.2) is 64.2 Å². The van der Waals surface area contributed by atoms with E-state index in [1.165, 1.54) is 11.8 Å². The Morgan fingerprint density at radius 1 is 1.35 bits per heavy atom. The summed E-state index contributed by atoms with van der Waals surface area (Å²) in [6.07, 6.45) is -0.631. The van der Waals surface area contributed by atoms with E-state index in [-0.39, 0.29) is 13.0 Å². The zero-order valence-electron chi connectivity index (χ0n) is 12.4. The van der Waals surface area contributed by atoms with Gasteiger partial charge in [-0.1, -0.05) is 0 Å². The van der Waals surface area contributed by atoms with E-state index in [4.69, 9.17) is 14.6 Å². The third-order valence-corrected chi connectivity index (χ3v) is 2.95. The Kier molecular flexibility index (Phi) is 4.99. The molecule has 1 fully saturated rings. The van der Waals surface area contributed by atoms with Crippen LogP contribution in [0.15, 0.2) is 0 Å². The van der Waals surface area contributed by atoms with E-state index in [9.17, 15) is 14.7 Å². The maximum Gasteiger partial charge on any atom is 0.410 e. The number of hydrogen-bond donors (Lipinski definition) is 2. The highest BCUT2D eigenvalue weighted by Crippen LogP contribution is 2.21. The number of carbonyl (C=O) groups excluding carboxylic acids is 1. The van der Waals surface area contributed by atoms with Crippen LogP contribution in [0.5, 0.6) is 0 Å². The number of morpholine rings is 1. The number of rotatable bonds is 3. The molecule has 0 aromatic carbocycles. The molecule has 7 heteroatoms. The molecule has 2 unspecified atom stereocenters. The van der Waals surface area contributed by atoms with Gasteiger partial charge in [-0.05, 0) is 27.7 Å². The Bertz CT molecular complexity index is 374. The zero-order chi connectivity index (χ0) is 15.6. The topological polar surface area (TPSA) is 96.3 Å². The van der Waals surface area contributed by atoms with Crippen molar-refractivity contribution in [1.29, 1.82) is 0 Å². The minimum Gasteiger partial charge on any atom is -0.479 e. The molecule has 7 nitrogen and oxygen atoms in total. The number of carboxylic acids is 1. The number of hydrogen-bond acceptors (Lipinski definition) is 5. The highest BCUT2D eigenvalue weighted by molar-refractivity contribution is 5.76. The molecule has 0 aromatic rings. The van der Waals surface area contributed by atoms with E-state index < -0.39 is 29.3 Å². The predicted octanol–water partition coefficient (Wildman–Crippen LogP) is 0.848. The number of ether oxygens (including phenoxy) is 2. The predicted molar refractivity (Wildman–Crippen MR) is 70.4 cm³/mol. The van der Waals surface area contributed by atoms with Crippen molar-refractivity contribution in [2.75, 3.05) is 19.8 Å². The SMILES string of the molecule is CC(C)(C)OC(=O)N1CCOCC1CC(C)(O)C(=O)O. The second kappa shape index (κ2) is 5.97. The van der Waals surface area contributed by atoms with Gasteiger partial charge in [-0.25, -0.2) is 9.59 Å². The molecular formula is C13H23NO6. The van der Waals surface area contributed by atoms with Gasteiger partial charge < -0.3 is 24.6 Å². The van der Waals surface area contributed by atoms with Gasteiger partial charge in [-0.3, -0.25) is 0 Å². The number of aliphatic hydroxyl groups is 1. The average molecular weight is 289 g/mol. The maximum atomic E-state index is 12.1. The second-order valence-corrected chi connectivity index (χ2v) is 6.19. The van der Waals surface area contributed by atoms with Gasteiger partial charge in [-0.2, -0.15) is 0 Å². The van der Waals surface area contributed by atoms with Crippen molar-refractivity contribution in [2.45, 2.75) is 51.4 Å². The number of aliphatic carboxylic acids is 1. The molecule has 116 valence electrons. The Morgan fingerprint density at radius 2 is 1.95 bits per heavy atom. The summed E-state index contributed by atoms with van der Waals surface area (Å²) in [5, 5.41) is 18.8. The van der Waals surface area contributed by atoms with E-state index in [0.717, 1.165) is 0 Å². The molecule has 0 saturated carbocycles. The Morgan fingerprint density at radius 3 is 2.45 bits per heavy atom. The first-order valence-corrected chi connectivity index (χ1v) is 6.56. The van der Waals surface area contributed by atoms with E-state index in [2.05, 4.69) is 0 Å². The van der Waals surface area contributed by atoms with Crippen molar-refractivity contribution in [2.24, 2.45) is 0 Å². The van der Waals surface area contributed by atoms with Gasteiger partial charge in [0.1, 0.15) is 5.60 Å². The van der Waals surface area contributed by atoms with Gasteiger partial charge >= 0.3 is 12.1 Å². The lowest BCUT2D eigenvalue weighted by atomic mass is 9.96. The monoisotopic (exact) mass is 289 g/mol. The molecular weight excluding hydrogens is 266 g/mol. The van der Waals surface area contributed by atoms with Crippen LogP contribution >= 0.6 is 0 Å². The fraction of sp³-hybridized carbons (Fsp3) is 0.846. The quantitative estimate of drug-likeness (QED) is 0.799. The number of nitrogens with zero attached hydrogens (tertiary/aromatic N) is 1. The van der Waals surface area contributed by atoms with Gasteiger partial charge in [0.2, 0.25) is 0 Å². The molecule has 2 atom stereocenters. The molecule has 1 aliphatic rings. The molecule has 1 aliphatic heterocycles. The molecule has 1 rings (SSSR count). The first kappa shape index (κ1) is 16.7. The van der Waals surface area contributed by atoms with Gasteiger partial charge in [0.05, 0.1) is 19.3 Å². The maximum absolute atomic E-state index is 12.1. The van der Waals surface area contributed by atoms with Crippen LogP contribution < -0.4 is 0 Å². The first-order valence-electron chi connectivity index (χ1n) is 6.56. The van der Waals surface area contributed by atoms with Crippen molar-refractivity contribution in [3.8, 4) is 0 Å². The van der Waals surface area contributed by atoms with Crippen LogP contribution in [0.4, 0.5) is 4.79 Å². The summed E-state index contributed by atoms with van der Waals surface area (Å²) >= 11 is 0. The minimum atomic E-state index is -1.91. The van der Waals surface area contributed by atoms with Crippen LogP contribution in [0.25, 0.3) is 0 Å².